The number of halogens is 1. The van der Waals surface area contributed by atoms with E-state index in [1.807, 2.05) is 12.1 Å². The molecule has 7 nitrogen and oxygen atoms in total. The van der Waals surface area contributed by atoms with Crippen LogP contribution in [0.25, 0.3) is 11.1 Å². The molecule has 1 atom stereocenters. The van der Waals surface area contributed by atoms with Gasteiger partial charge in [-0.2, -0.15) is 5.26 Å². The summed E-state index contributed by atoms with van der Waals surface area (Å²) in [4.78, 5) is 8.29. The Hall–Kier alpha value is -3.15. The van der Waals surface area contributed by atoms with Crippen LogP contribution in [0.2, 0.25) is 5.02 Å². The molecule has 1 saturated carbocycles. The van der Waals surface area contributed by atoms with Gasteiger partial charge in [-0.1, -0.05) is 23.7 Å². The minimum atomic E-state index is -1.23. The van der Waals surface area contributed by atoms with Gasteiger partial charge in [0.25, 0.3) is 0 Å². The zero-order valence-corrected chi connectivity index (χ0v) is 17.5. The molecule has 1 unspecified atom stereocenters. The van der Waals surface area contributed by atoms with Crippen molar-refractivity contribution in [3.05, 3.63) is 59.4 Å². The van der Waals surface area contributed by atoms with Crippen LogP contribution in [0.15, 0.2) is 48.8 Å². The summed E-state index contributed by atoms with van der Waals surface area (Å²) >= 11 is 6.31. The molecule has 0 aliphatic heterocycles. The summed E-state index contributed by atoms with van der Waals surface area (Å²) in [5, 5.41) is 9.77. The Kier molecular flexibility index (Phi) is 5.84. The van der Waals surface area contributed by atoms with E-state index in [2.05, 4.69) is 20.8 Å². The lowest BCUT2D eigenvalue weighted by Crippen LogP contribution is -2.04. The number of hydrogen-bond acceptors (Lipinski definition) is 6. The third-order valence-corrected chi connectivity index (χ3v) is 5.01. The highest BCUT2D eigenvalue weighted by Crippen LogP contribution is 2.38. The molecule has 1 aliphatic carbocycles. The molecule has 0 bridgehead atoms. The molecule has 152 valence electrons. The van der Waals surface area contributed by atoms with Crippen molar-refractivity contribution in [1.82, 2.24) is 9.97 Å². The highest BCUT2D eigenvalue weighted by Gasteiger charge is 2.26. The first-order chi connectivity index (χ1) is 14.5. The zero-order chi connectivity index (χ0) is 21.1. The fourth-order valence-electron chi connectivity index (χ4n) is 2.69. The summed E-state index contributed by atoms with van der Waals surface area (Å²) in [5.41, 5.74) is 2.06. The summed E-state index contributed by atoms with van der Waals surface area (Å²) < 4.78 is 25.4. The first-order valence-electron chi connectivity index (χ1n) is 9.12. The van der Waals surface area contributed by atoms with E-state index in [-0.39, 0.29) is 6.10 Å². The Balaban J connectivity index is 1.49. The van der Waals surface area contributed by atoms with E-state index in [0.29, 0.717) is 33.8 Å². The van der Waals surface area contributed by atoms with Crippen LogP contribution in [-0.4, -0.2) is 26.5 Å². The van der Waals surface area contributed by atoms with Gasteiger partial charge in [0.1, 0.15) is 28.6 Å². The fourth-order valence-corrected chi connectivity index (χ4v) is 3.31. The van der Waals surface area contributed by atoms with E-state index in [1.165, 1.54) is 6.26 Å². The van der Waals surface area contributed by atoms with Crippen molar-refractivity contribution in [2.75, 3.05) is 11.0 Å². The number of rotatable bonds is 7. The lowest BCUT2D eigenvalue weighted by atomic mass is 10.1. The standard InChI is InChI=1S/C21H17ClN4O3S/c1-30(27)26-21-24-11-15(12-25-21)13-2-4-16(5-3-13)28-18-8-14(10-23)20(19(22)9-18)29-17-6-7-17/h2-5,8-9,11-12,17H,6-7H2,1H3,(H,24,25,26). The SMILES string of the molecule is CS(=O)Nc1ncc(-c2ccc(Oc3cc(Cl)c(OC4CC4)c(C#N)c3)cc2)cn1. The van der Waals surface area contributed by atoms with Crippen LogP contribution < -0.4 is 14.2 Å². The van der Waals surface area contributed by atoms with Gasteiger partial charge in [0, 0.05) is 36.3 Å². The summed E-state index contributed by atoms with van der Waals surface area (Å²) in [6.45, 7) is 0. The number of hydrogen-bond donors (Lipinski definition) is 1. The summed E-state index contributed by atoms with van der Waals surface area (Å²) in [7, 11) is -1.23. The minimum Gasteiger partial charge on any atom is -0.487 e. The van der Waals surface area contributed by atoms with E-state index in [9.17, 15) is 9.47 Å². The zero-order valence-electron chi connectivity index (χ0n) is 16.0. The molecule has 30 heavy (non-hydrogen) atoms. The number of nitriles is 1. The van der Waals surface area contributed by atoms with Crippen LogP contribution in [0.3, 0.4) is 0 Å². The average Bonchev–Trinajstić information content (AvgIpc) is 3.55. The second-order valence-electron chi connectivity index (χ2n) is 6.69. The van der Waals surface area contributed by atoms with Gasteiger partial charge < -0.3 is 9.47 Å². The van der Waals surface area contributed by atoms with Gasteiger partial charge in [0.2, 0.25) is 5.95 Å². The van der Waals surface area contributed by atoms with E-state index in [1.54, 1.807) is 36.7 Å². The van der Waals surface area contributed by atoms with Crippen molar-refractivity contribution < 1.29 is 13.7 Å². The molecular weight excluding hydrogens is 424 g/mol. The van der Waals surface area contributed by atoms with E-state index < -0.39 is 11.0 Å². The van der Waals surface area contributed by atoms with Crippen molar-refractivity contribution in [2.24, 2.45) is 0 Å². The second kappa shape index (κ2) is 8.69. The quantitative estimate of drug-likeness (QED) is 0.571. The summed E-state index contributed by atoms with van der Waals surface area (Å²) in [6, 6.07) is 12.7. The highest BCUT2D eigenvalue weighted by atomic mass is 35.5. The van der Waals surface area contributed by atoms with Crippen LogP contribution in [0.5, 0.6) is 17.2 Å². The van der Waals surface area contributed by atoms with Gasteiger partial charge in [-0.25, -0.2) is 14.2 Å². The Morgan fingerprint density at radius 2 is 1.83 bits per heavy atom. The highest BCUT2D eigenvalue weighted by molar-refractivity contribution is 7.85. The second-order valence-corrected chi connectivity index (χ2v) is 8.21. The largest absolute Gasteiger partial charge is 0.487 e. The molecule has 0 spiro atoms. The molecular formula is C21H17ClN4O3S. The molecule has 1 aliphatic rings. The lowest BCUT2D eigenvalue weighted by Gasteiger charge is -2.12. The van der Waals surface area contributed by atoms with Gasteiger partial charge in [-0.05, 0) is 30.5 Å². The number of aromatic nitrogens is 2. The number of nitrogens with one attached hydrogen (secondary N) is 1. The van der Waals surface area contributed by atoms with Gasteiger partial charge >= 0.3 is 0 Å². The van der Waals surface area contributed by atoms with Crippen LogP contribution in [0, 0.1) is 11.3 Å². The maximum Gasteiger partial charge on any atom is 0.234 e. The summed E-state index contributed by atoms with van der Waals surface area (Å²) in [6.07, 6.45) is 6.91. The number of benzene rings is 2. The predicted molar refractivity (Wildman–Crippen MR) is 115 cm³/mol. The van der Waals surface area contributed by atoms with Gasteiger partial charge in [-0.15, -0.1) is 0 Å². The molecule has 4 rings (SSSR count). The van der Waals surface area contributed by atoms with Crippen LogP contribution >= 0.6 is 11.6 Å². The first-order valence-corrected chi connectivity index (χ1v) is 11.1. The van der Waals surface area contributed by atoms with Crippen molar-refractivity contribution in [1.29, 1.82) is 5.26 Å². The van der Waals surface area contributed by atoms with Crippen LogP contribution in [0.1, 0.15) is 18.4 Å². The van der Waals surface area contributed by atoms with Crippen molar-refractivity contribution in [3.8, 4) is 34.4 Å². The molecule has 1 N–H and O–H groups in total. The Bertz CT molecular complexity index is 1130. The molecule has 1 fully saturated rings. The minimum absolute atomic E-state index is 0.145. The Morgan fingerprint density at radius 3 is 2.43 bits per heavy atom. The third kappa shape index (κ3) is 4.87. The maximum absolute atomic E-state index is 11.2. The molecule has 0 saturated heterocycles. The molecule has 0 radical (unpaired) electrons. The van der Waals surface area contributed by atoms with Crippen molar-refractivity contribution in [2.45, 2.75) is 18.9 Å². The topological polar surface area (TPSA) is 97.1 Å². The fraction of sp³-hybridized carbons (Fsp3) is 0.190. The average molecular weight is 441 g/mol. The summed E-state index contributed by atoms with van der Waals surface area (Å²) in [5.74, 6) is 1.77. The number of ether oxygens (including phenoxy) is 2. The Labute approximate surface area is 181 Å². The lowest BCUT2D eigenvalue weighted by molar-refractivity contribution is 0.302. The number of anilines is 1. The Morgan fingerprint density at radius 1 is 1.13 bits per heavy atom. The molecule has 9 heteroatoms. The molecule has 2 aromatic carbocycles. The van der Waals surface area contributed by atoms with Crippen LogP contribution in [0.4, 0.5) is 5.95 Å². The van der Waals surface area contributed by atoms with Crippen molar-refractivity contribution >= 4 is 28.5 Å². The third-order valence-electron chi connectivity index (χ3n) is 4.26. The van der Waals surface area contributed by atoms with Gasteiger partial charge in [0.05, 0.1) is 16.7 Å². The van der Waals surface area contributed by atoms with Crippen LogP contribution in [-0.2, 0) is 11.0 Å². The molecule has 0 amide bonds. The van der Waals surface area contributed by atoms with E-state index in [4.69, 9.17) is 21.1 Å². The smallest absolute Gasteiger partial charge is 0.234 e. The normalized spacial score (nSPS) is 13.9. The monoisotopic (exact) mass is 440 g/mol. The maximum atomic E-state index is 11.2. The predicted octanol–water partition coefficient (Wildman–Crippen LogP) is 4.71. The molecule has 1 heterocycles. The molecule has 3 aromatic rings. The van der Waals surface area contributed by atoms with Crippen molar-refractivity contribution in [3.63, 3.8) is 0 Å². The van der Waals surface area contributed by atoms with E-state index >= 15 is 0 Å². The number of nitrogens with zero attached hydrogens (tertiary/aromatic N) is 3. The van der Waals surface area contributed by atoms with Gasteiger partial charge in [-0.3, -0.25) is 4.72 Å². The first kappa shape index (κ1) is 20.1. The van der Waals surface area contributed by atoms with Gasteiger partial charge in [0.15, 0.2) is 5.75 Å². The molecule has 1 aromatic heterocycles. The van der Waals surface area contributed by atoms with E-state index in [0.717, 1.165) is 24.0 Å².